The van der Waals surface area contributed by atoms with Gasteiger partial charge in [-0.1, -0.05) is 0 Å². The maximum absolute atomic E-state index is 12.3. The molecule has 8 nitrogen and oxygen atoms in total. The van der Waals surface area contributed by atoms with E-state index in [4.69, 9.17) is 9.47 Å². The van der Waals surface area contributed by atoms with Crippen molar-refractivity contribution < 1.29 is 19.2 Å². The number of nitrogens with zero attached hydrogens (tertiary/aromatic N) is 1. The largest absolute Gasteiger partial charge is 0.486 e. The number of non-ortho nitro benzene ring substituents is 1. The number of nitro benzene ring substituents is 1. The number of carbonyl (C=O) groups is 1. The number of fused-ring (bicyclic) bond motifs is 1. The third-order valence-corrected chi connectivity index (χ3v) is 3.66. The van der Waals surface area contributed by atoms with E-state index < -0.39 is 11.0 Å². The lowest BCUT2D eigenvalue weighted by atomic mass is 10.2. The highest BCUT2D eigenvalue weighted by Gasteiger charge is 2.16. The smallest absolute Gasteiger partial charge is 0.269 e. The summed E-state index contributed by atoms with van der Waals surface area (Å²) in [6.07, 6.45) is 0. The number of carbonyl (C=O) groups excluding carboxylic acids is 1. The minimum Gasteiger partial charge on any atom is -0.486 e. The molecule has 2 N–H and O–H groups in total. The Hall–Kier alpha value is -3.29. The number of anilines is 2. The Morgan fingerprint density at radius 1 is 1.08 bits per heavy atom. The first-order chi connectivity index (χ1) is 12.0. The zero-order valence-electron chi connectivity index (χ0n) is 13.5. The summed E-state index contributed by atoms with van der Waals surface area (Å²) in [5.74, 6) is 1.06. The Morgan fingerprint density at radius 3 is 2.40 bits per heavy atom. The standard InChI is InChI=1S/C17H17N3O5/c1-11(17(21)19-12-2-5-14(6-3-12)20(22)23)18-13-4-7-15-16(10-13)25-9-8-24-15/h2-7,10-11,18H,8-9H2,1H3,(H,19,21). The van der Waals surface area contributed by atoms with Crippen molar-refractivity contribution in [3.8, 4) is 11.5 Å². The van der Waals surface area contributed by atoms with Crippen molar-refractivity contribution in [2.24, 2.45) is 0 Å². The van der Waals surface area contributed by atoms with Crippen molar-refractivity contribution in [1.29, 1.82) is 0 Å². The Morgan fingerprint density at radius 2 is 1.72 bits per heavy atom. The first kappa shape index (κ1) is 16.6. The average molecular weight is 343 g/mol. The van der Waals surface area contributed by atoms with E-state index in [2.05, 4.69) is 10.6 Å². The Bertz CT molecular complexity index is 791. The molecule has 0 saturated heterocycles. The van der Waals surface area contributed by atoms with Crippen molar-refractivity contribution in [2.75, 3.05) is 23.8 Å². The molecular formula is C17H17N3O5. The van der Waals surface area contributed by atoms with Gasteiger partial charge in [-0.15, -0.1) is 0 Å². The molecule has 0 fully saturated rings. The van der Waals surface area contributed by atoms with Gasteiger partial charge in [0.05, 0.1) is 4.92 Å². The molecule has 2 aromatic rings. The van der Waals surface area contributed by atoms with Crippen molar-refractivity contribution in [2.45, 2.75) is 13.0 Å². The normalized spacial score (nSPS) is 13.6. The van der Waals surface area contributed by atoms with E-state index in [1.165, 1.54) is 24.3 Å². The molecule has 8 heteroatoms. The van der Waals surface area contributed by atoms with Crippen molar-refractivity contribution in [3.63, 3.8) is 0 Å². The van der Waals surface area contributed by atoms with E-state index in [0.29, 0.717) is 30.4 Å². The predicted octanol–water partition coefficient (Wildman–Crippen LogP) is 2.81. The van der Waals surface area contributed by atoms with Crippen LogP contribution in [0.5, 0.6) is 11.5 Å². The summed E-state index contributed by atoms with van der Waals surface area (Å²) >= 11 is 0. The van der Waals surface area contributed by atoms with Gasteiger partial charge >= 0.3 is 0 Å². The van der Waals surface area contributed by atoms with Gasteiger partial charge in [-0.25, -0.2) is 0 Å². The van der Waals surface area contributed by atoms with Crippen LogP contribution < -0.4 is 20.1 Å². The molecule has 0 spiro atoms. The number of ether oxygens (including phenoxy) is 2. The highest BCUT2D eigenvalue weighted by atomic mass is 16.6. The van der Waals surface area contributed by atoms with Crippen LogP contribution in [0.15, 0.2) is 42.5 Å². The molecule has 3 rings (SSSR count). The van der Waals surface area contributed by atoms with Crippen LogP contribution in [0.2, 0.25) is 0 Å². The fourth-order valence-electron chi connectivity index (χ4n) is 2.37. The van der Waals surface area contributed by atoms with E-state index in [-0.39, 0.29) is 11.6 Å². The van der Waals surface area contributed by atoms with Crippen LogP contribution in [0, 0.1) is 10.1 Å². The molecule has 0 bridgehead atoms. The molecule has 0 saturated carbocycles. The average Bonchev–Trinajstić information content (AvgIpc) is 2.62. The highest BCUT2D eigenvalue weighted by molar-refractivity contribution is 5.96. The Labute approximate surface area is 143 Å². The van der Waals surface area contributed by atoms with Crippen molar-refractivity contribution in [1.82, 2.24) is 0 Å². The first-order valence-corrected chi connectivity index (χ1v) is 7.74. The molecule has 1 aliphatic rings. The van der Waals surface area contributed by atoms with Gasteiger partial charge in [-0.3, -0.25) is 14.9 Å². The molecule has 1 unspecified atom stereocenters. The van der Waals surface area contributed by atoms with E-state index in [1.54, 1.807) is 19.1 Å². The summed E-state index contributed by atoms with van der Waals surface area (Å²) < 4.78 is 11.0. The molecule has 130 valence electrons. The summed E-state index contributed by atoms with van der Waals surface area (Å²) in [5, 5.41) is 16.4. The fraction of sp³-hybridized carbons (Fsp3) is 0.235. The first-order valence-electron chi connectivity index (χ1n) is 7.74. The van der Waals surface area contributed by atoms with Gasteiger partial charge < -0.3 is 20.1 Å². The van der Waals surface area contributed by atoms with Crippen LogP contribution in [-0.4, -0.2) is 30.1 Å². The second kappa shape index (κ2) is 7.08. The molecule has 0 aromatic heterocycles. The molecule has 0 radical (unpaired) electrons. The van der Waals surface area contributed by atoms with Gasteiger partial charge in [0, 0.05) is 29.6 Å². The van der Waals surface area contributed by atoms with Crippen LogP contribution in [0.3, 0.4) is 0 Å². The number of nitro groups is 1. The van der Waals surface area contributed by atoms with E-state index in [0.717, 1.165) is 5.69 Å². The number of amides is 1. The van der Waals surface area contributed by atoms with Gasteiger partial charge in [0.25, 0.3) is 5.69 Å². The third-order valence-electron chi connectivity index (χ3n) is 3.66. The Balaban J connectivity index is 1.61. The van der Waals surface area contributed by atoms with Crippen LogP contribution in [0.4, 0.5) is 17.1 Å². The fourth-order valence-corrected chi connectivity index (χ4v) is 2.37. The second-order valence-electron chi connectivity index (χ2n) is 5.52. The Kier molecular flexibility index (Phi) is 4.69. The molecule has 1 atom stereocenters. The molecular weight excluding hydrogens is 326 g/mol. The maximum atomic E-state index is 12.3. The third kappa shape index (κ3) is 3.97. The van der Waals surface area contributed by atoms with Crippen LogP contribution in [0.25, 0.3) is 0 Å². The van der Waals surface area contributed by atoms with E-state index in [9.17, 15) is 14.9 Å². The number of hydrogen-bond acceptors (Lipinski definition) is 6. The molecule has 1 amide bonds. The lowest BCUT2D eigenvalue weighted by molar-refractivity contribution is -0.384. The molecule has 0 aliphatic carbocycles. The van der Waals surface area contributed by atoms with Crippen LogP contribution in [0.1, 0.15) is 6.92 Å². The van der Waals surface area contributed by atoms with Gasteiger partial charge in [0.2, 0.25) is 5.91 Å². The summed E-state index contributed by atoms with van der Waals surface area (Å²) in [4.78, 5) is 22.4. The van der Waals surface area contributed by atoms with E-state index in [1.807, 2.05) is 6.07 Å². The molecule has 1 heterocycles. The van der Waals surface area contributed by atoms with Gasteiger partial charge in [0.1, 0.15) is 19.3 Å². The molecule has 25 heavy (non-hydrogen) atoms. The highest BCUT2D eigenvalue weighted by Crippen LogP contribution is 2.32. The number of rotatable bonds is 5. The van der Waals surface area contributed by atoms with Gasteiger partial charge in [-0.2, -0.15) is 0 Å². The van der Waals surface area contributed by atoms with Gasteiger partial charge in [0.15, 0.2) is 11.5 Å². The van der Waals surface area contributed by atoms with E-state index >= 15 is 0 Å². The monoisotopic (exact) mass is 343 g/mol. The quantitative estimate of drug-likeness (QED) is 0.639. The molecule has 2 aromatic carbocycles. The lowest BCUT2D eigenvalue weighted by Gasteiger charge is -2.20. The summed E-state index contributed by atoms with van der Waals surface area (Å²) in [6, 6.07) is 10.5. The topological polar surface area (TPSA) is 103 Å². The van der Waals surface area contributed by atoms with Gasteiger partial charge in [-0.05, 0) is 31.2 Å². The summed E-state index contributed by atoms with van der Waals surface area (Å²) in [6.45, 7) is 2.73. The maximum Gasteiger partial charge on any atom is 0.269 e. The number of hydrogen-bond donors (Lipinski definition) is 2. The van der Waals surface area contributed by atoms with Crippen LogP contribution >= 0.6 is 0 Å². The minimum absolute atomic E-state index is 0.0274. The summed E-state index contributed by atoms with van der Waals surface area (Å²) in [7, 11) is 0. The number of nitrogens with one attached hydrogen (secondary N) is 2. The SMILES string of the molecule is CC(Nc1ccc2c(c1)OCCO2)C(=O)Nc1ccc([N+](=O)[O-])cc1. The summed E-state index contributed by atoms with van der Waals surface area (Å²) in [5.41, 5.74) is 1.20. The number of benzene rings is 2. The molecule has 1 aliphatic heterocycles. The lowest BCUT2D eigenvalue weighted by Crippen LogP contribution is -2.31. The predicted molar refractivity (Wildman–Crippen MR) is 92.2 cm³/mol. The minimum atomic E-state index is -0.516. The zero-order valence-corrected chi connectivity index (χ0v) is 13.5. The van der Waals surface area contributed by atoms with Crippen molar-refractivity contribution in [3.05, 3.63) is 52.6 Å². The second-order valence-corrected chi connectivity index (χ2v) is 5.52. The van der Waals surface area contributed by atoms with Crippen molar-refractivity contribution >= 4 is 23.0 Å². The zero-order chi connectivity index (χ0) is 17.8. The van der Waals surface area contributed by atoms with Crippen LogP contribution in [-0.2, 0) is 4.79 Å².